The van der Waals surface area contributed by atoms with E-state index >= 15 is 0 Å². The second kappa shape index (κ2) is 8.71. The molecule has 0 atom stereocenters. The fourth-order valence-electron chi connectivity index (χ4n) is 4.71. The first-order chi connectivity index (χ1) is 15.9. The van der Waals surface area contributed by atoms with Crippen LogP contribution in [0.25, 0.3) is 17.0 Å². The van der Waals surface area contributed by atoms with Crippen LogP contribution >= 0.6 is 0 Å². The van der Waals surface area contributed by atoms with Gasteiger partial charge in [0.2, 0.25) is 0 Å². The number of fused-ring (bicyclic) bond motifs is 1. The molecule has 0 N–H and O–H groups in total. The van der Waals surface area contributed by atoms with Gasteiger partial charge in [-0.2, -0.15) is 10.2 Å². The highest BCUT2D eigenvalue weighted by atomic mass is 15.4. The maximum absolute atomic E-state index is 5.04. The van der Waals surface area contributed by atoms with Crippen molar-refractivity contribution in [3.05, 3.63) is 65.9 Å². The molecule has 0 amide bonds. The maximum Gasteiger partial charge on any atom is 0.179 e. The topological polar surface area (TPSA) is 64.1 Å². The Morgan fingerprint density at radius 2 is 1.79 bits per heavy atom. The lowest BCUT2D eigenvalue weighted by molar-refractivity contribution is 0.173. The number of nitrogens with zero attached hydrogens (tertiary/aromatic N) is 7. The Labute approximate surface area is 195 Å². The number of hydrogen-bond donors (Lipinski definition) is 0. The van der Waals surface area contributed by atoms with Crippen LogP contribution in [0.4, 0.5) is 0 Å². The summed E-state index contributed by atoms with van der Waals surface area (Å²) in [4.78, 5) is 12.3. The van der Waals surface area contributed by atoms with Crippen molar-refractivity contribution >= 4 is 5.52 Å². The summed E-state index contributed by atoms with van der Waals surface area (Å²) in [5, 5.41) is 9.61. The van der Waals surface area contributed by atoms with Crippen LogP contribution in [0.15, 0.2) is 48.8 Å². The van der Waals surface area contributed by atoms with E-state index in [4.69, 9.17) is 15.1 Å². The predicted octanol–water partition coefficient (Wildman–Crippen LogP) is 4.72. The molecule has 1 aliphatic heterocycles. The van der Waals surface area contributed by atoms with Gasteiger partial charge < -0.3 is 0 Å². The molecule has 1 saturated heterocycles. The van der Waals surface area contributed by atoms with Gasteiger partial charge in [0.1, 0.15) is 5.69 Å². The van der Waals surface area contributed by atoms with Gasteiger partial charge in [0.05, 0.1) is 17.3 Å². The molecule has 0 saturated carbocycles. The third kappa shape index (κ3) is 4.83. The van der Waals surface area contributed by atoms with Crippen molar-refractivity contribution in [2.45, 2.75) is 59.5 Å². The molecule has 172 valence electrons. The van der Waals surface area contributed by atoms with Crippen molar-refractivity contribution in [1.82, 2.24) is 34.3 Å². The van der Waals surface area contributed by atoms with Crippen LogP contribution in [0.1, 0.15) is 56.7 Å². The van der Waals surface area contributed by atoms with Crippen LogP contribution in [0.5, 0.6) is 0 Å². The van der Waals surface area contributed by atoms with Gasteiger partial charge in [-0.3, -0.25) is 4.90 Å². The van der Waals surface area contributed by atoms with Crippen LogP contribution in [-0.2, 0) is 13.0 Å². The molecule has 1 aliphatic rings. The smallest absolute Gasteiger partial charge is 0.179 e. The summed E-state index contributed by atoms with van der Waals surface area (Å²) >= 11 is 0. The molecule has 0 radical (unpaired) electrons. The number of aryl methyl sites for hydroxylation is 1. The fourth-order valence-corrected chi connectivity index (χ4v) is 4.71. The van der Waals surface area contributed by atoms with Crippen molar-refractivity contribution in [1.29, 1.82) is 0 Å². The summed E-state index contributed by atoms with van der Waals surface area (Å²) in [5.74, 6) is 1.76. The fraction of sp³-hybridized carbons (Fsp3) is 0.462. The molecule has 5 rings (SSSR count). The molecule has 0 spiro atoms. The summed E-state index contributed by atoms with van der Waals surface area (Å²) in [6, 6.07) is 13.1. The van der Waals surface area contributed by atoms with E-state index in [2.05, 4.69) is 71.8 Å². The predicted molar refractivity (Wildman–Crippen MR) is 130 cm³/mol. The van der Waals surface area contributed by atoms with Crippen molar-refractivity contribution in [3.8, 4) is 11.5 Å². The minimum Gasteiger partial charge on any atom is -0.299 e. The molecule has 0 bridgehead atoms. The van der Waals surface area contributed by atoms with E-state index in [0.717, 1.165) is 67.5 Å². The summed E-state index contributed by atoms with van der Waals surface area (Å²) in [6.07, 6.45) is 6.64. The minimum absolute atomic E-state index is 0.120. The van der Waals surface area contributed by atoms with E-state index in [1.807, 2.05) is 17.6 Å². The number of benzene rings is 1. The second-order valence-corrected chi connectivity index (χ2v) is 10.4. The first kappa shape index (κ1) is 21.8. The highest BCUT2D eigenvalue weighted by Crippen LogP contribution is 2.31. The van der Waals surface area contributed by atoms with Gasteiger partial charge in [-0.15, -0.1) is 0 Å². The average Bonchev–Trinajstić information content (AvgIpc) is 3.36. The van der Waals surface area contributed by atoms with Crippen LogP contribution in [-0.4, -0.2) is 47.4 Å². The van der Waals surface area contributed by atoms with Gasteiger partial charge in [-0.05, 0) is 36.8 Å². The van der Waals surface area contributed by atoms with Crippen LogP contribution in [0.3, 0.4) is 0 Å². The Kier molecular flexibility index (Phi) is 5.74. The molecule has 7 heteroatoms. The first-order valence-electron chi connectivity index (χ1n) is 11.9. The Morgan fingerprint density at radius 3 is 2.52 bits per heavy atom. The Hall–Kier alpha value is -3.06. The Balaban J connectivity index is 1.44. The normalized spacial score (nSPS) is 16.0. The molecule has 0 unspecified atom stereocenters. The number of aromatic nitrogens is 6. The summed E-state index contributed by atoms with van der Waals surface area (Å²) in [5.41, 5.74) is 4.30. The highest BCUT2D eigenvalue weighted by molar-refractivity contribution is 5.72. The third-order valence-corrected chi connectivity index (χ3v) is 6.24. The van der Waals surface area contributed by atoms with E-state index in [1.165, 1.54) is 5.56 Å². The zero-order valence-electron chi connectivity index (χ0n) is 20.1. The van der Waals surface area contributed by atoms with Crippen molar-refractivity contribution in [2.75, 3.05) is 13.1 Å². The lowest BCUT2D eigenvalue weighted by atomic mass is 9.92. The molecule has 0 aliphatic carbocycles. The molecule has 4 aromatic rings. The Bertz CT molecular complexity index is 1220. The van der Waals surface area contributed by atoms with Crippen molar-refractivity contribution < 1.29 is 0 Å². The number of hydrogen-bond acceptors (Lipinski definition) is 5. The average molecular weight is 444 g/mol. The van der Waals surface area contributed by atoms with Crippen molar-refractivity contribution in [2.24, 2.45) is 5.41 Å². The van der Waals surface area contributed by atoms with E-state index < -0.39 is 0 Å². The number of rotatable bonds is 5. The SMILES string of the molecule is Cc1cc2c(-c3nc(CC(C)(C)C)nn3C3CCN(Cc4ccccc4)CC3)nccn2n1. The summed E-state index contributed by atoms with van der Waals surface area (Å²) in [7, 11) is 0. The van der Waals surface area contributed by atoms with Gasteiger partial charge in [0.25, 0.3) is 0 Å². The number of piperidine rings is 1. The molecule has 1 fully saturated rings. The lowest BCUT2D eigenvalue weighted by Crippen LogP contribution is -2.34. The Morgan fingerprint density at radius 1 is 1.03 bits per heavy atom. The van der Waals surface area contributed by atoms with E-state index in [-0.39, 0.29) is 5.41 Å². The van der Waals surface area contributed by atoms with E-state index in [0.29, 0.717) is 6.04 Å². The second-order valence-electron chi connectivity index (χ2n) is 10.4. The third-order valence-electron chi connectivity index (χ3n) is 6.24. The van der Waals surface area contributed by atoms with Crippen molar-refractivity contribution in [3.63, 3.8) is 0 Å². The van der Waals surface area contributed by atoms with Gasteiger partial charge in [-0.1, -0.05) is 51.1 Å². The minimum atomic E-state index is 0.120. The zero-order chi connectivity index (χ0) is 23.0. The quantitative estimate of drug-likeness (QED) is 0.446. The van der Waals surface area contributed by atoms with Gasteiger partial charge in [-0.25, -0.2) is 19.2 Å². The maximum atomic E-state index is 5.04. The molecule has 1 aromatic carbocycles. The molecular weight excluding hydrogens is 410 g/mol. The monoisotopic (exact) mass is 443 g/mol. The molecule has 33 heavy (non-hydrogen) atoms. The van der Waals surface area contributed by atoms with E-state index in [9.17, 15) is 0 Å². The van der Waals surface area contributed by atoms with Gasteiger partial charge in [0, 0.05) is 38.4 Å². The van der Waals surface area contributed by atoms with Crippen LogP contribution in [0.2, 0.25) is 0 Å². The molecule has 4 heterocycles. The van der Waals surface area contributed by atoms with Crippen LogP contribution < -0.4 is 0 Å². The van der Waals surface area contributed by atoms with Gasteiger partial charge in [0.15, 0.2) is 11.6 Å². The molecule has 7 nitrogen and oxygen atoms in total. The summed E-state index contributed by atoms with van der Waals surface area (Å²) in [6.45, 7) is 11.8. The van der Waals surface area contributed by atoms with Crippen LogP contribution in [0, 0.1) is 12.3 Å². The number of likely N-dealkylation sites (tertiary alicyclic amines) is 1. The zero-order valence-corrected chi connectivity index (χ0v) is 20.1. The largest absolute Gasteiger partial charge is 0.299 e. The standard InChI is InChI=1S/C26H33N7/c1-19-16-22-24(27-12-15-32(22)29-19)25-28-23(17-26(2,3)4)30-33(25)21-10-13-31(14-11-21)18-20-8-6-5-7-9-20/h5-9,12,15-16,21H,10-11,13-14,17-18H2,1-4H3. The van der Waals surface area contributed by atoms with Gasteiger partial charge >= 0.3 is 0 Å². The molecule has 3 aromatic heterocycles. The molecular formula is C26H33N7. The van der Waals surface area contributed by atoms with E-state index in [1.54, 1.807) is 6.20 Å². The highest BCUT2D eigenvalue weighted by Gasteiger charge is 2.27. The lowest BCUT2D eigenvalue weighted by Gasteiger charge is -2.32. The first-order valence-corrected chi connectivity index (χ1v) is 11.9. The summed E-state index contributed by atoms with van der Waals surface area (Å²) < 4.78 is 4.05.